The van der Waals surface area contributed by atoms with E-state index >= 15 is 0 Å². The number of nitrogens with one attached hydrogen (secondary N) is 1. The van der Waals surface area contributed by atoms with E-state index in [4.69, 9.17) is 0 Å². The topological polar surface area (TPSA) is 47.0 Å². The average Bonchev–Trinajstić information content (AvgIpc) is 2.41. The Morgan fingerprint density at radius 1 is 1.15 bits per heavy atom. The van der Waals surface area contributed by atoms with Crippen LogP contribution in [0.5, 0.6) is 5.75 Å². The molecule has 0 aliphatic carbocycles. The highest BCUT2D eigenvalue weighted by Crippen LogP contribution is 2.32. The van der Waals surface area contributed by atoms with Crippen LogP contribution in [0.4, 0.5) is 13.2 Å². The van der Waals surface area contributed by atoms with Gasteiger partial charge >= 0.3 is 6.36 Å². The van der Waals surface area contributed by atoms with Crippen LogP contribution in [0.1, 0.15) is 17.2 Å². The predicted octanol–water partition coefficient (Wildman–Crippen LogP) is 2.68. The molecule has 1 unspecified atom stereocenters. The SMILES string of the molecule is CNC(c1cncnc1)c1ccccc1OC(F)(F)F. The molecule has 2 rings (SSSR count). The second-order valence-electron chi connectivity index (χ2n) is 3.98. The summed E-state index contributed by atoms with van der Waals surface area (Å²) in [6, 6.07) is 5.48. The molecule has 0 spiro atoms. The van der Waals surface area contributed by atoms with Gasteiger partial charge in [-0.3, -0.25) is 0 Å². The van der Waals surface area contributed by atoms with Gasteiger partial charge in [-0.15, -0.1) is 13.2 Å². The van der Waals surface area contributed by atoms with Gasteiger partial charge in [-0.05, 0) is 13.1 Å². The fraction of sp³-hybridized carbons (Fsp3) is 0.231. The van der Waals surface area contributed by atoms with Crippen LogP contribution < -0.4 is 10.1 Å². The Kier molecular flexibility index (Phi) is 4.19. The molecule has 1 aromatic heterocycles. The molecule has 0 fully saturated rings. The van der Waals surface area contributed by atoms with Crippen LogP contribution in [0.25, 0.3) is 0 Å². The predicted molar refractivity (Wildman–Crippen MR) is 66.1 cm³/mol. The zero-order valence-corrected chi connectivity index (χ0v) is 10.6. The molecular formula is C13H12F3N3O. The number of para-hydroxylation sites is 1. The molecule has 7 heteroatoms. The molecule has 0 amide bonds. The lowest BCUT2D eigenvalue weighted by atomic mass is 10.0. The van der Waals surface area contributed by atoms with Crippen LogP contribution in [0.2, 0.25) is 0 Å². The molecule has 4 nitrogen and oxygen atoms in total. The van der Waals surface area contributed by atoms with E-state index in [9.17, 15) is 13.2 Å². The van der Waals surface area contributed by atoms with Gasteiger partial charge in [-0.25, -0.2) is 9.97 Å². The summed E-state index contributed by atoms with van der Waals surface area (Å²) in [6.45, 7) is 0. The summed E-state index contributed by atoms with van der Waals surface area (Å²) in [4.78, 5) is 7.74. The minimum absolute atomic E-state index is 0.247. The molecule has 1 atom stereocenters. The quantitative estimate of drug-likeness (QED) is 0.937. The molecule has 1 heterocycles. The Bertz CT molecular complexity index is 560. The maximum atomic E-state index is 12.4. The first kappa shape index (κ1) is 14.3. The highest BCUT2D eigenvalue weighted by Gasteiger charge is 2.33. The van der Waals surface area contributed by atoms with Gasteiger partial charge in [0.1, 0.15) is 12.1 Å². The molecular weight excluding hydrogens is 271 g/mol. The fourth-order valence-electron chi connectivity index (χ4n) is 1.90. The van der Waals surface area contributed by atoms with Crippen molar-refractivity contribution >= 4 is 0 Å². The Labute approximate surface area is 113 Å². The Morgan fingerprint density at radius 3 is 2.40 bits per heavy atom. The van der Waals surface area contributed by atoms with Crippen molar-refractivity contribution in [2.75, 3.05) is 7.05 Å². The summed E-state index contributed by atoms with van der Waals surface area (Å²) in [5.74, 6) is -0.247. The molecule has 1 aromatic carbocycles. The van der Waals surface area contributed by atoms with Crippen LogP contribution in [-0.4, -0.2) is 23.4 Å². The summed E-state index contributed by atoms with van der Waals surface area (Å²) in [7, 11) is 1.64. The Balaban J connectivity index is 2.40. The normalized spacial score (nSPS) is 13.0. The molecule has 0 aliphatic heterocycles. The second kappa shape index (κ2) is 5.87. The van der Waals surface area contributed by atoms with Crippen molar-refractivity contribution in [3.05, 3.63) is 54.1 Å². The van der Waals surface area contributed by atoms with E-state index in [0.29, 0.717) is 11.1 Å². The van der Waals surface area contributed by atoms with Crippen LogP contribution in [-0.2, 0) is 0 Å². The zero-order valence-electron chi connectivity index (χ0n) is 10.6. The van der Waals surface area contributed by atoms with Gasteiger partial charge in [0.25, 0.3) is 0 Å². The Hall–Kier alpha value is -2.15. The minimum atomic E-state index is -4.73. The summed E-state index contributed by atoms with van der Waals surface area (Å²) >= 11 is 0. The molecule has 20 heavy (non-hydrogen) atoms. The molecule has 0 aliphatic rings. The summed E-state index contributed by atoms with van der Waals surface area (Å²) in [5, 5.41) is 2.93. The third kappa shape index (κ3) is 3.45. The van der Waals surface area contributed by atoms with E-state index in [-0.39, 0.29) is 5.75 Å². The van der Waals surface area contributed by atoms with Crippen molar-refractivity contribution in [3.63, 3.8) is 0 Å². The summed E-state index contributed by atoms with van der Waals surface area (Å²) in [5.41, 5.74) is 1.01. The first-order valence-corrected chi connectivity index (χ1v) is 5.78. The zero-order chi connectivity index (χ0) is 14.6. The van der Waals surface area contributed by atoms with Crippen LogP contribution >= 0.6 is 0 Å². The lowest BCUT2D eigenvalue weighted by Crippen LogP contribution is -2.22. The van der Waals surface area contributed by atoms with Gasteiger partial charge in [0.05, 0.1) is 6.04 Å². The highest BCUT2D eigenvalue weighted by atomic mass is 19.4. The minimum Gasteiger partial charge on any atom is -0.405 e. The second-order valence-corrected chi connectivity index (χ2v) is 3.98. The standard InChI is InChI=1S/C13H12F3N3O/c1-17-12(9-6-18-8-19-7-9)10-4-2-3-5-11(10)20-13(14,15)16/h2-8,12,17H,1H3. The van der Waals surface area contributed by atoms with Gasteiger partial charge in [0.15, 0.2) is 0 Å². The van der Waals surface area contributed by atoms with Crippen LogP contribution in [0.15, 0.2) is 43.0 Å². The monoisotopic (exact) mass is 283 g/mol. The van der Waals surface area contributed by atoms with Crippen molar-refractivity contribution in [3.8, 4) is 5.75 Å². The summed E-state index contributed by atoms with van der Waals surface area (Å²) in [6.07, 6.45) is -0.299. The smallest absolute Gasteiger partial charge is 0.405 e. The van der Waals surface area contributed by atoms with Gasteiger partial charge in [-0.2, -0.15) is 0 Å². The van der Waals surface area contributed by atoms with E-state index in [1.165, 1.54) is 18.5 Å². The maximum absolute atomic E-state index is 12.4. The number of alkyl halides is 3. The number of hydrogen-bond donors (Lipinski definition) is 1. The lowest BCUT2D eigenvalue weighted by molar-refractivity contribution is -0.275. The van der Waals surface area contributed by atoms with Gasteiger partial charge in [0, 0.05) is 23.5 Å². The van der Waals surface area contributed by atoms with Crippen molar-refractivity contribution in [2.24, 2.45) is 0 Å². The van der Waals surface area contributed by atoms with E-state index in [1.54, 1.807) is 31.6 Å². The number of nitrogens with zero attached hydrogens (tertiary/aromatic N) is 2. The number of halogens is 3. The largest absolute Gasteiger partial charge is 0.573 e. The first-order valence-electron chi connectivity index (χ1n) is 5.78. The van der Waals surface area contributed by atoms with E-state index in [0.717, 1.165) is 0 Å². The van der Waals surface area contributed by atoms with Crippen LogP contribution in [0, 0.1) is 0 Å². The van der Waals surface area contributed by atoms with Crippen molar-refractivity contribution in [2.45, 2.75) is 12.4 Å². The van der Waals surface area contributed by atoms with E-state index < -0.39 is 12.4 Å². The van der Waals surface area contributed by atoms with Crippen molar-refractivity contribution in [1.82, 2.24) is 15.3 Å². The number of benzene rings is 1. The molecule has 1 N–H and O–H groups in total. The molecule has 0 radical (unpaired) electrons. The number of hydrogen-bond acceptors (Lipinski definition) is 4. The van der Waals surface area contributed by atoms with E-state index in [1.807, 2.05) is 0 Å². The molecule has 0 saturated carbocycles. The highest BCUT2D eigenvalue weighted by molar-refractivity contribution is 5.40. The third-order valence-electron chi connectivity index (χ3n) is 2.66. The van der Waals surface area contributed by atoms with Gasteiger partial charge in [0.2, 0.25) is 0 Å². The number of aromatic nitrogens is 2. The maximum Gasteiger partial charge on any atom is 0.573 e. The average molecular weight is 283 g/mol. The van der Waals surface area contributed by atoms with Crippen molar-refractivity contribution < 1.29 is 17.9 Å². The summed E-state index contributed by atoms with van der Waals surface area (Å²) < 4.78 is 41.3. The van der Waals surface area contributed by atoms with E-state index in [2.05, 4.69) is 20.0 Å². The molecule has 0 bridgehead atoms. The third-order valence-corrected chi connectivity index (χ3v) is 2.66. The molecule has 106 valence electrons. The van der Waals surface area contributed by atoms with Crippen LogP contribution in [0.3, 0.4) is 0 Å². The fourth-order valence-corrected chi connectivity index (χ4v) is 1.90. The molecule has 0 saturated heterocycles. The Morgan fingerprint density at radius 2 is 1.80 bits per heavy atom. The number of ether oxygens (including phenoxy) is 1. The molecule has 2 aromatic rings. The number of rotatable bonds is 4. The van der Waals surface area contributed by atoms with Gasteiger partial charge < -0.3 is 10.1 Å². The van der Waals surface area contributed by atoms with Crippen molar-refractivity contribution in [1.29, 1.82) is 0 Å². The lowest BCUT2D eigenvalue weighted by Gasteiger charge is -2.20. The van der Waals surface area contributed by atoms with Gasteiger partial charge in [-0.1, -0.05) is 18.2 Å². The first-order chi connectivity index (χ1) is 9.51.